The Kier molecular flexibility index (Phi) is 3.39. The Bertz CT molecular complexity index is 534. The first kappa shape index (κ1) is 13.3. The van der Waals surface area contributed by atoms with Gasteiger partial charge >= 0.3 is 5.97 Å². The summed E-state index contributed by atoms with van der Waals surface area (Å²) in [5.41, 5.74) is 5.30. The molecule has 1 fully saturated rings. The molecule has 1 heterocycles. The summed E-state index contributed by atoms with van der Waals surface area (Å²) in [7, 11) is 0. The molecule has 0 aliphatic carbocycles. The van der Waals surface area contributed by atoms with Crippen molar-refractivity contribution in [2.75, 3.05) is 12.3 Å². The van der Waals surface area contributed by atoms with Crippen molar-refractivity contribution in [3.8, 4) is 0 Å². The van der Waals surface area contributed by atoms with Crippen LogP contribution in [0.3, 0.4) is 0 Å². The fourth-order valence-electron chi connectivity index (χ4n) is 2.13. The number of nitrogens with two attached hydrogens (primary N) is 1. The summed E-state index contributed by atoms with van der Waals surface area (Å²) in [4.78, 5) is 24.1. The average molecular weight is 268 g/mol. The number of carboxylic acid groups (broad SMARTS) is 1. The van der Waals surface area contributed by atoms with E-state index in [9.17, 15) is 19.1 Å². The average Bonchev–Trinajstić information content (AvgIpc) is 2.70. The molecule has 0 radical (unpaired) electrons. The number of aliphatic carboxylic acids is 1. The second-order valence-electron chi connectivity index (χ2n) is 4.44. The van der Waals surface area contributed by atoms with Crippen LogP contribution in [-0.4, -0.2) is 45.7 Å². The predicted octanol–water partition coefficient (Wildman–Crippen LogP) is 0.0679. The van der Waals surface area contributed by atoms with Gasteiger partial charge in [0.05, 0.1) is 11.7 Å². The van der Waals surface area contributed by atoms with Gasteiger partial charge in [0.15, 0.2) is 0 Å². The lowest BCUT2D eigenvalue weighted by Crippen LogP contribution is -2.40. The summed E-state index contributed by atoms with van der Waals surface area (Å²) in [5.74, 6) is -2.79. The van der Waals surface area contributed by atoms with E-state index in [4.69, 9.17) is 10.8 Å². The smallest absolute Gasteiger partial charge is 0.326 e. The van der Waals surface area contributed by atoms with Gasteiger partial charge in [0.2, 0.25) is 0 Å². The van der Waals surface area contributed by atoms with Gasteiger partial charge in [0, 0.05) is 18.7 Å². The highest BCUT2D eigenvalue weighted by molar-refractivity contribution is 5.97. The summed E-state index contributed by atoms with van der Waals surface area (Å²) in [6, 6.07) is 2.42. The molecule has 0 aromatic heterocycles. The molecule has 0 bridgehead atoms. The minimum atomic E-state index is -1.22. The maximum atomic E-state index is 13.6. The molecule has 0 saturated carbocycles. The number of aliphatic hydroxyl groups is 1. The number of nitrogens with zero attached hydrogens (tertiary/aromatic N) is 1. The number of amides is 1. The van der Waals surface area contributed by atoms with Crippen LogP contribution in [0.25, 0.3) is 0 Å². The Morgan fingerprint density at radius 1 is 1.42 bits per heavy atom. The van der Waals surface area contributed by atoms with E-state index in [1.165, 1.54) is 12.1 Å². The molecule has 4 N–H and O–H groups in total. The second kappa shape index (κ2) is 4.85. The lowest BCUT2D eigenvalue weighted by atomic mass is 10.1. The number of carboxylic acids is 1. The molecule has 1 aromatic carbocycles. The summed E-state index contributed by atoms with van der Waals surface area (Å²) in [6.45, 7) is -0.125. The van der Waals surface area contributed by atoms with Crippen molar-refractivity contribution in [3.05, 3.63) is 29.6 Å². The molecule has 1 saturated heterocycles. The highest BCUT2D eigenvalue weighted by Crippen LogP contribution is 2.22. The summed E-state index contributed by atoms with van der Waals surface area (Å²) < 4.78 is 13.6. The molecular weight excluding hydrogens is 255 g/mol. The number of halogens is 1. The van der Waals surface area contributed by atoms with Crippen molar-refractivity contribution in [2.45, 2.75) is 18.6 Å². The number of β-amino-alcohol motifs (C(OH)–C–C–N with tert-alkyl or cyclic N) is 1. The zero-order valence-electron chi connectivity index (χ0n) is 9.91. The number of hydrogen-bond donors (Lipinski definition) is 3. The summed E-state index contributed by atoms with van der Waals surface area (Å²) in [5, 5.41) is 18.4. The quantitative estimate of drug-likeness (QED) is 0.658. The Labute approximate surface area is 108 Å². The van der Waals surface area contributed by atoms with Gasteiger partial charge in [-0.2, -0.15) is 0 Å². The minimum absolute atomic E-state index is 0.0579. The molecule has 2 rings (SSSR count). The van der Waals surface area contributed by atoms with Crippen molar-refractivity contribution in [3.63, 3.8) is 0 Å². The van der Waals surface area contributed by atoms with Crippen molar-refractivity contribution < 1.29 is 24.2 Å². The predicted molar refractivity (Wildman–Crippen MR) is 63.9 cm³/mol. The van der Waals surface area contributed by atoms with Gasteiger partial charge in [-0.25, -0.2) is 9.18 Å². The molecule has 1 aliphatic rings. The Hall–Kier alpha value is -2.15. The number of carbonyl (C=O) groups is 2. The van der Waals surface area contributed by atoms with E-state index in [2.05, 4.69) is 0 Å². The van der Waals surface area contributed by atoms with Crippen molar-refractivity contribution in [1.82, 2.24) is 4.90 Å². The third-order valence-corrected chi connectivity index (χ3v) is 3.05. The van der Waals surface area contributed by atoms with E-state index in [0.29, 0.717) is 0 Å². The standard InChI is InChI=1S/C12H13FN2O4/c13-9-3-6(14)1-2-8(9)11(17)15-5-7(16)4-10(15)12(18)19/h1-3,7,10,16H,4-5,14H2,(H,18,19). The van der Waals surface area contributed by atoms with Gasteiger partial charge in [-0.15, -0.1) is 0 Å². The van der Waals surface area contributed by atoms with Crippen LogP contribution in [0.5, 0.6) is 0 Å². The third kappa shape index (κ3) is 2.50. The van der Waals surface area contributed by atoms with Crippen LogP contribution in [0.1, 0.15) is 16.8 Å². The summed E-state index contributed by atoms with van der Waals surface area (Å²) >= 11 is 0. The second-order valence-corrected chi connectivity index (χ2v) is 4.44. The highest BCUT2D eigenvalue weighted by Gasteiger charge is 2.39. The third-order valence-electron chi connectivity index (χ3n) is 3.05. The fraction of sp³-hybridized carbons (Fsp3) is 0.333. The summed E-state index contributed by atoms with van der Waals surface area (Å²) in [6.07, 6.45) is -0.973. The van der Waals surface area contributed by atoms with E-state index < -0.39 is 29.8 Å². The van der Waals surface area contributed by atoms with Crippen molar-refractivity contribution in [1.29, 1.82) is 0 Å². The zero-order valence-corrected chi connectivity index (χ0v) is 9.91. The first-order chi connectivity index (χ1) is 8.90. The first-order valence-corrected chi connectivity index (χ1v) is 5.67. The zero-order chi connectivity index (χ0) is 14.2. The molecule has 1 aromatic rings. The fourth-order valence-corrected chi connectivity index (χ4v) is 2.13. The van der Waals surface area contributed by atoms with Gasteiger partial charge in [0.1, 0.15) is 11.9 Å². The van der Waals surface area contributed by atoms with E-state index >= 15 is 0 Å². The maximum absolute atomic E-state index is 13.6. The monoisotopic (exact) mass is 268 g/mol. The lowest BCUT2D eigenvalue weighted by Gasteiger charge is -2.21. The van der Waals surface area contributed by atoms with Crippen LogP contribution < -0.4 is 5.73 Å². The van der Waals surface area contributed by atoms with Crippen LogP contribution >= 0.6 is 0 Å². The minimum Gasteiger partial charge on any atom is -0.480 e. The van der Waals surface area contributed by atoms with E-state index in [1.54, 1.807) is 0 Å². The number of aliphatic hydroxyl groups excluding tert-OH is 1. The molecule has 0 spiro atoms. The van der Waals surface area contributed by atoms with Gasteiger partial charge in [0.25, 0.3) is 5.91 Å². The van der Waals surface area contributed by atoms with Gasteiger partial charge < -0.3 is 20.8 Å². The number of carbonyl (C=O) groups excluding carboxylic acids is 1. The molecule has 2 atom stereocenters. The van der Waals surface area contributed by atoms with Crippen LogP contribution in [0.2, 0.25) is 0 Å². The Balaban J connectivity index is 2.30. The van der Waals surface area contributed by atoms with Crippen molar-refractivity contribution >= 4 is 17.6 Å². The topological polar surface area (TPSA) is 104 Å². The number of hydrogen-bond acceptors (Lipinski definition) is 4. The molecule has 2 unspecified atom stereocenters. The molecule has 102 valence electrons. The first-order valence-electron chi connectivity index (χ1n) is 5.67. The van der Waals surface area contributed by atoms with E-state index in [-0.39, 0.29) is 24.2 Å². The molecule has 1 aliphatic heterocycles. The van der Waals surface area contributed by atoms with Crippen LogP contribution in [0, 0.1) is 5.82 Å². The van der Waals surface area contributed by atoms with Crippen LogP contribution in [-0.2, 0) is 4.79 Å². The Morgan fingerprint density at radius 2 is 2.11 bits per heavy atom. The van der Waals surface area contributed by atoms with Crippen LogP contribution in [0.15, 0.2) is 18.2 Å². The molecule has 6 nitrogen and oxygen atoms in total. The maximum Gasteiger partial charge on any atom is 0.326 e. The molecule has 1 amide bonds. The van der Waals surface area contributed by atoms with E-state index in [1.807, 2.05) is 0 Å². The molecule has 19 heavy (non-hydrogen) atoms. The van der Waals surface area contributed by atoms with Gasteiger partial charge in [-0.3, -0.25) is 4.79 Å². The molecular formula is C12H13FN2O4. The SMILES string of the molecule is Nc1ccc(C(=O)N2CC(O)CC2C(=O)O)c(F)c1. The number of anilines is 1. The lowest BCUT2D eigenvalue weighted by molar-refractivity contribution is -0.141. The van der Waals surface area contributed by atoms with Gasteiger partial charge in [-0.1, -0.05) is 0 Å². The van der Waals surface area contributed by atoms with Gasteiger partial charge in [-0.05, 0) is 18.2 Å². The normalized spacial score (nSPS) is 22.5. The van der Waals surface area contributed by atoms with E-state index in [0.717, 1.165) is 11.0 Å². The number of likely N-dealkylation sites (tertiary alicyclic amines) is 1. The Morgan fingerprint density at radius 3 is 2.68 bits per heavy atom. The molecule has 7 heteroatoms. The van der Waals surface area contributed by atoms with Crippen molar-refractivity contribution in [2.24, 2.45) is 0 Å². The highest BCUT2D eigenvalue weighted by atomic mass is 19.1. The largest absolute Gasteiger partial charge is 0.480 e. The number of nitrogen functional groups attached to an aromatic ring is 1. The van der Waals surface area contributed by atoms with Crippen LogP contribution in [0.4, 0.5) is 10.1 Å². The number of benzene rings is 1. The number of rotatable bonds is 2.